The fourth-order valence-corrected chi connectivity index (χ4v) is 5.74. The molecule has 5 aromatic rings. The van der Waals surface area contributed by atoms with Crippen molar-refractivity contribution in [1.29, 1.82) is 0 Å². The maximum absolute atomic E-state index is 13.7. The molecule has 0 aromatic carbocycles. The molecular weight excluding hydrogens is 484 g/mol. The number of fused-ring (bicyclic) bond motifs is 9. The minimum absolute atomic E-state index is 0.00169. The Kier molecular flexibility index (Phi) is 4.58. The van der Waals surface area contributed by atoms with Crippen LogP contribution in [0.5, 0.6) is 0 Å². The third-order valence-corrected chi connectivity index (χ3v) is 7.45. The average Bonchev–Trinajstić information content (AvgIpc) is 3.60. The van der Waals surface area contributed by atoms with Crippen molar-refractivity contribution in [3.63, 3.8) is 0 Å². The number of carbonyl (C=O) groups is 1. The predicted molar refractivity (Wildman–Crippen MR) is 146 cm³/mol. The number of hydrogen-bond donors (Lipinski definition) is 2. The zero-order chi connectivity index (χ0) is 25.3. The Hall–Kier alpha value is -4.44. The molecule has 0 saturated carbocycles. The molecule has 7 rings (SSSR count). The highest BCUT2D eigenvalue weighted by Gasteiger charge is 2.20. The first-order valence-electron chi connectivity index (χ1n) is 11.9. The summed E-state index contributed by atoms with van der Waals surface area (Å²) >= 11 is 1.52. The summed E-state index contributed by atoms with van der Waals surface area (Å²) < 4.78 is 2.72. The van der Waals surface area contributed by atoms with E-state index in [9.17, 15) is 4.79 Å². The third-order valence-electron chi connectivity index (χ3n) is 6.35. The van der Waals surface area contributed by atoms with Crippen LogP contribution in [0.15, 0.2) is 55.2 Å². The quantitative estimate of drug-likeness (QED) is 0.272. The summed E-state index contributed by atoms with van der Waals surface area (Å²) in [6.07, 6.45) is 9.18. The number of H-pyrrole nitrogens is 2. The van der Waals surface area contributed by atoms with E-state index in [4.69, 9.17) is 9.97 Å². The standard InChI is InChI=1S/C27H22N8OS/c1-27(2,3)8-22(36)35-15-6-14(9-28-10-15)18-7-16-19(13-30-18)33-34-25(16)26-31-20-12-29-11-17(24(20)32-26)21-4-5-23(35)37-21/h4-7,9-13,33-34H,8H2,1-3H3. The van der Waals surface area contributed by atoms with Gasteiger partial charge in [0.15, 0.2) is 5.65 Å². The number of imidazole rings is 1. The first kappa shape index (κ1) is 21.8. The van der Waals surface area contributed by atoms with Crippen molar-refractivity contribution >= 4 is 70.8 Å². The predicted octanol–water partition coefficient (Wildman–Crippen LogP) is 6.25. The Morgan fingerprint density at radius 3 is 2.70 bits per heavy atom. The number of nitrogens with one attached hydrogen (secondary N) is 2. The summed E-state index contributed by atoms with van der Waals surface area (Å²) in [5, 5.41) is 8.06. The van der Waals surface area contributed by atoms with Crippen molar-refractivity contribution in [2.24, 2.45) is 5.41 Å². The van der Waals surface area contributed by atoms with Crippen LogP contribution in [-0.2, 0) is 0 Å². The van der Waals surface area contributed by atoms with Crippen LogP contribution in [0.1, 0.15) is 32.0 Å². The topological polar surface area (TPSA) is 118 Å². The highest BCUT2D eigenvalue weighted by molar-refractivity contribution is 7.24. The van der Waals surface area contributed by atoms with E-state index in [1.165, 1.54) is 11.3 Å². The second kappa shape index (κ2) is 7.78. The molecule has 10 heteroatoms. The highest BCUT2D eigenvalue weighted by Crippen LogP contribution is 2.32. The van der Waals surface area contributed by atoms with Crippen molar-refractivity contribution < 1.29 is 4.79 Å². The molecule has 182 valence electrons. The molecule has 8 bridgehead atoms. The molecule has 7 heterocycles. The summed E-state index contributed by atoms with van der Waals surface area (Å²) in [6, 6.07) is 7.94. The number of aromatic nitrogens is 8. The van der Waals surface area contributed by atoms with Gasteiger partial charge in [0.05, 0.1) is 35.1 Å². The number of pyridine rings is 3. The minimum Gasteiger partial charge on any atom is -0.298 e. The van der Waals surface area contributed by atoms with E-state index in [0.717, 1.165) is 48.1 Å². The van der Waals surface area contributed by atoms with Crippen molar-refractivity contribution in [2.45, 2.75) is 27.2 Å². The SMILES string of the molecule is CC(C)(C)CC(=O)n1c2cncc(c2)c2cc3c(cn2)[nH][nH]c-3c2nc3cncc(c4ccc1s4)c3n2. The monoisotopic (exact) mass is 506 g/mol. The van der Waals surface area contributed by atoms with Gasteiger partial charge in [-0.2, -0.15) is 0 Å². The summed E-state index contributed by atoms with van der Waals surface area (Å²) in [4.78, 5) is 37.8. The smallest absolute Gasteiger partial charge is 0.232 e. The lowest BCUT2D eigenvalue weighted by Gasteiger charge is -2.18. The summed E-state index contributed by atoms with van der Waals surface area (Å²) in [7, 11) is 0. The first-order chi connectivity index (χ1) is 17.8. The molecule has 2 aliphatic rings. The lowest BCUT2D eigenvalue weighted by atomic mass is 9.92. The van der Waals surface area contributed by atoms with E-state index in [1.807, 2.05) is 24.3 Å². The van der Waals surface area contributed by atoms with E-state index < -0.39 is 0 Å². The third kappa shape index (κ3) is 3.60. The number of thiophene rings is 1. The van der Waals surface area contributed by atoms with Gasteiger partial charge in [0.1, 0.15) is 21.6 Å². The van der Waals surface area contributed by atoms with Gasteiger partial charge in [-0.25, -0.2) is 9.97 Å². The molecule has 0 amide bonds. The fourth-order valence-electron chi connectivity index (χ4n) is 4.68. The maximum atomic E-state index is 13.7. The minimum atomic E-state index is -0.177. The van der Waals surface area contributed by atoms with Gasteiger partial charge < -0.3 is 0 Å². The Morgan fingerprint density at radius 2 is 1.84 bits per heavy atom. The lowest BCUT2D eigenvalue weighted by molar-refractivity contribution is 0.0867. The summed E-state index contributed by atoms with van der Waals surface area (Å²) in [6.45, 7) is 6.20. The van der Waals surface area contributed by atoms with Crippen LogP contribution in [0, 0.1) is 5.41 Å². The average molecular weight is 507 g/mol. The molecule has 0 saturated heterocycles. The highest BCUT2D eigenvalue weighted by atomic mass is 32.1. The van der Waals surface area contributed by atoms with E-state index in [0.29, 0.717) is 23.1 Å². The molecule has 0 radical (unpaired) electrons. The Bertz CT molecular complexity index is 2040. The normalized spacial score (nSPS) is 12.4. The van der Waals surface area contributed by atoms with E-state index >= 15 is 0 Å². The van der Waals surface area contributed by atoms with Crippen molar-refractivity contribution in [1.82, 2.24) is 39.7 Å². The van der Waals surface area contributed by atoms with Crippen molar-refractivity contribution in [2.75, 3.05) is 0 Å². The van der Waals surface area contributed by atoms with Crippen molar-refractivity contribution in [3.05, 3.63) is 55.2 Å². The molecular formula is C27H22N8OS. The molecule has 37 heavy (non-hydrogen) atoms. The second-order valence-corrected chi connectivity index (χ2v) is 11.4. The number of nitrogens with zero attached hydrogens (tertiary/aromatic N) is 6. The molecule has 0 fully saturated rings. The van der Waals surface area contributed by atoms with Gasteiger partial charge in [0, 0.05) is 39.9 Å². The van der Waals surface area contributed by atoms with Crippen LogP contribution in [0.3, 0.4) is 0 Å². The van der Waals surface area contributed by atoms with Gasteiger partial charge >= 0.3 is 0 Å². The second-order valence-electron chi connectivity index (χ2n) is 10.4. The van der Waals surface area contributed by atoms with E-state index in [2.05, 4.69) is 45.9 Å². The van der Waals surface area contributed by atoms with Crippen LogP contribution in [-0.4, -0.2) is 45.6 Å². The molecule has 0 aliphatic carbocycles. The molecule has 9 nitrogen and oxygen atoms in total. The zero-order valence-corrected chi connectivity index (χ0v) is 21.2. The Balaban J connectivity index is 1.69. The van der Waals surface area contributed by atoms with Gasteiger partial charge in [-0.15, -0.1) is 11.3 Å². The van der Waals surface area contributed by atoms with Crippen LogP contribution in [0.2, 0.25) is 0 Å². The van der Waals surface area contributed by atoms with Gasteiger partial charge in [-0.3, -0.25) is 34.5 Å². The number of carbonyl (C=O) groups excluding carboxylic acids is 1. The van der Waals surface area contributed by atoms with Gasteiger partial charge in [0.2, 0.25) is 5.91 Å². The van der Waals surface area contributed by atoms with E-state index in [1.54, 1.807) is 35.6 Å². The van der Waals surface area contributed by atoms with E-state index in [-0.39, 0.29) is 11.3 Å². The van der Waals surface area contributed by atoms with Crippen molar-refractivity contribution in [3.8, 4) is 11.3 Å². The molecule has 0 spiro atoms. The molecule has 0 atom stereocenters. The fraction of sp³-hybridized carbons (Fsp3) is 0.185. The maximum Gasteiger partial charge on any atom is 0.232 e. The first-order valence-corrected chi connectivity index (χ1v) is 12.7. The Morgan fingerprint density at radius 1 is 0.973 bits per heavy atom. The molecule has 2 N–H and O–H groups in total. The summed E-state index contributed by atoms with van der Waals surface area (Å²) in [5.74, 6) is 0.00169. The van der Waals surface area contributed by atoms with Gasteiger partial charge in [0.25, 0.3) is 0 Å². The Labute approximate surface area is 214 Å². The van der Waals surface area contributed by atoms with Crippen LogP contribution in [0.25, 0.3) is 64.8 Å². The number of hydrogen-bond acceptors (Lipinski definition) is 7. The number of rotatable bonds is 1. The van der Waals surface area contributed by atoms with Gasteiger partial charge in [-0.1, -0.05) is 20.8 Å². The van der Waals surface area contributed by atoms with Gasteiger partial charge in [-0.05, 0) is 29.7 Å². The van der Waals surface area contributed by atoms with Crippen LogP contribution < -0.4 is 0 Å². The molecule has 5 aromatic heterocycles. The summed E-state index contributed by atoms with van der Waals surface area (Å²) in [5.41, 5.74) is 5.83. The largest absolute Gasteiger partial charge is 0.298 e. The number of aromatic amines is 2. The lowest BCUT2D eigenvalue weighted by Crippen LogP contribution is -2.19. The van der Waals surface area contributed by atoms with Crippen LogP contribution >= 0.6 is 11.3 Å². The van der Waals surface area contributed by atoms with Crippen LogP contribution in [0.4, 0.5) is 0 Å². The molecule has 2 aliphatic heterocycles. The molecule has 0 unspecified atom stereocenters. The zero-order valence-electron chi connectivity index (χ0n) is 20.4.